The zero-order chi connectivity index (χ0) is 34.9. The van der Waals surface area contributed by atoms with Crippen molar-refractivity contribution in [3.05, 3.63) is 27.0 Å². The summed E-state index contributed by atoms with van der Waals surface area (Å²) in [5.74, 6) is -0.461. The molecule has 6 heterocycles. The summed E-state index contributed by atoms with van der Waals surface area (Å²) in [6.07, 6.45) is -11.5. The molecule has 48 heavy (non-hydrogen) atoms. The number of aliphatic hydroxyl groups is 3. The van der Waals surface area contributed by atoms with Crippen LogP contribution in [0.5, 0.6) is 0 Å². The standard InChI is InChI=1S/C21H28N10O14P2S/c1-29-5-31(15-9(29)17(36)28-21(23)26-15)18-11(33)10(32)6(42-18)2-41-46(37,38)45-47(39,40)44-13-7(3-48)43-19(12(13)34)30-4-24-8-14(30)25-20(22)27-16(8)35/h3-4,6-7,10-13,18-19,32-34H,2,5H2,1H3,(H,37,38)(H,39,40)(H3,22,25,27,35)(H3,23,26,28,36)/t6-,7-,10-,11-,12-,13-,18-,19-/m1/s1. The number of imidazole rings is 1. The third kappa shape index (κ3) is 6.24. The van der Waals surface area contributed by atoms with E-state index in [9.17, 15) is 43.8 Å². The van der Waals surface area contributed by atoms with Crippen molar-refractivity contribution in [3.63, 3.8) is 0 Å². The SMILES string of the molecule is CN1CN([C@@H]2O[C@H](COP(=O)(O)OP(=O)(O)O[C@H]3[C@@H](O)[C@H](n4cnc5c(=O)[nH]c(N)nc54)O[C@@H]3C=S)[C@@H](O)[C@H]2O)c2nc(N)[nH]c(=O)c21. The highest BCUT2D eigenvalue weighted by Crippen LogP contribution is 2.62. The molecule has 24 nitrogen and oxygen atoms in total. The average molecular weight is 739 g/mol. The smallest absolute Gasteiger partial charge is 0.387 e. The van der Waals surface area contributed by atoms with Crippen LogP contribution < -0.4 is 32.4 Å². The number of aromatic nitrogens is 6. The summed E-state index contributed by atoms with van der Waals surface area (Å²) in [6.45, 7) is -0.976. The van der Waals surface area contributed by atoms with Gasteiger partial charge in [0.1, 0.15) is 42.3 Å². The third-order valence-corrected chi connectivity index (χ3v) is 10.4. The highest BCUT2D eigenvalue weighted by atomic mass is 32.1. The minimum absolute atomic E-state index is 0.0241. The second-order valence-electron chi connectivity index (χ2n) is 10.8. The van der Waals surface area contributed by atoms with Gasteiger partial charge in [-0.3, -0.25) is 33.2 Å². The molecule has 6 rings (SSSR count). The number of phosphoric acid groups is 2. The highest BCUT2D eigenvalue weighted by molar-refractivity contribution is 7.79. The molecular formula is C21H28N10O14P2S. The van der Waals surface area contributed by atoms with Gasteiger partial charge in [0.15, 0.2) is 29.4 Å². The van der Waals surface area contributed by atoms with Gasteiger partial charge in [-0.1, -0.05) is 12.2 Å². The second kappa shape index (κ2) is 12.5. The molecule has 2 fully saturated rings. The molecule has 0 radical (unpaired) electrons. The summed E-state index contributed by atoms with van der Waals surface area (Å²) >= 11 is 4.89. The van der Waals surface area contributed by atoms with E-state index >= 15 is 0 Å². The molecule has 11 N–H and O–H groups in total. The van der Waals surface area contributed by atoms with Gasteiger partial charge in [-0.15, -0.1) is 0 Å². The molecule has 0 aromatic carbocycles. The number of aliphatic hydroxyl groups excluding tert-OH is 3. The Kier molecular flexibility index (Phi) is 8.95. The molecule has 27 heteroatoms. The summed E-state index contributed by atoms with van der Waals surface area (Å²) in [5.41, 5.74) is 9.81. The van der Waals surface area contributed by atoms with Crippen LogP contribution in [-0.4, -0.2) is 123 Å². The Labute approximate surface area is 272 Å². The van der Waals surface area contributed by atoms with Crippen LogP contribution in [0, 0.1) is 0 Å². The van der Waals surface area contributed by atoms with Gasteiger partial charge in [-0.2, -0.15) is 14.3 Å². The van der Waals surface area contributed by atoms with E-state index in [1.165, 1.54) is 9.80 Å². The van der Waals surface area contributed by atoms with Gasteiger partial charge in [0.2, 0.25) is 11.9 Å². The van der Waals surface area contributed by atoms with Crippen molar-refractivity contribution in [3.8, 4) is 0 Å². The molecule has 3 aliphatic heterocycles. The Balaban J connectivity index is 1.11. The lowest BCUT2D eigenvalue weighted by atomic mass is 10.1. The summed E-state index contributed by atoms with van der Waals surface area (Å²) in [6, 6.07) is 0. The van der Waals surface area contributed by atoms with Gasteiger partial charge in [0.25, 0.3) is 11.1 Å². The topological polar surface area (TPSA) is 349 Å². The Morgan fingerprint density at radius 1 is 1.04 bits per heavy atom. The van der Waals surface area contributed by atoms with Crippen LogP contribution in [-0.2, 0) is 32.0 Å². The van der Waals surface area contributed by atoms with Crippen LogP contribution in [0.25, 0.3) is 11.2 Å². The van der Waals surface area contributed by atoms with Crippen LogP contribution in [0.1, 0.15) is 6.23 Å². The number of aromatic amines is 2. The van der Waals surface area contributed by atoms with Crippen LogP contribution in [0.2, 0.25) is 0 Å². The molecule has 2 unspecified atom stereocenters. The van der Waals surface area contributed by atoms with Gasteiger partial charge in [-0.05, 0) is 0 Å². The van der Waals surface area contributed by atoms with E-state index in [1.54, 1.807) is 7.05 Å². The van der Waals surface area contributed by atoms with Crippen LogP contribution in [0.4, 0.5) is 23.4 Å². The van der Waals surface area contributed by atoms with E-state index in [-0.39, 0.29) is 41.2 Å². The quantitative estimate of drug-likeness (QED) is 0.0723. The summed E-state index contributed by atoms with van der Waals surface area (Å²) in [7, 11) is -9.50. The fourth-order valence-electron chi connectivity index (χ4n) is 5.47. The monoisotopic (exact) mass is 738 g/mol. The first-order valence-corrected chi connectivity index (χ1v) is 17.1. The molecule has 0 spiro atoms. The maximum absolute atomic E-state index is 12.8. The number of anilines is 4. The Morgan fingerprint density at radius 2 is 1.73 bits per heavy atom. The molecule has 3 aromatic heterocycles. The maximum atomic E-state index is 12.8. The molecular weight excluding hydrogens is 710 g/mol. The fourth-order valence-corrected chi connectivity index (χ4v) is 7.96. The van der Waals surface area contributed by atoms with E-state index in [0.29, 0.717) is 0 Å². The van der Waals surface area contributed by atoms with E-state index in [4.69, 9.17) is 42.2 Å². The average Bonchev–Trinajstić information content (AvgIpc) is 3.71. The number of nitrogens with one attached hydrogen (secondary N) is 2. The number of phosphoric ester groups is 2. The zero-order valence-corrected chi connectivity index (χ0v) is 26.8. The third-order valence-electron chi connectivity index (χ3n) is 7.53. The first-order chi connectivity index (χ1) is 22.5. The molecule has 2 saturated heterocycles. The predicted octanol–water partition coefficient (Wildman–Crippen LogP) is -3.39. The van der Waals surface area contributed by atoms with Crippen LogP contribution >= 0.6 is 27.9 Å². The number of nitrogens with zero attached hydrogens (tertiary/aromatic N) is 6. The minimum Gasteiger partial charge on any atom is -0.387 e. The van der Waals surface area contributed by atoms with Crippen molar-refractivity contribution in [2.75, 3.05) is 41.6 Å². The number of hydrogen-bond donors (Lipinski definition) is 9. The van der Waals surface area contributed by atoms with Gasteiger partial charge < -0.3 is 55.8 Å². The number of ether oxygens (including phenoxy) is 2. The molecule has 0 saturated carbocycles. The Hall–Kier alpha value is -3.42. The first-order valence-electron chi connectivity index (χ1n) is 13.6. The molecule has 3 aliphatic rings. The van der Waals surface area contributed by atoms with E-state index in [2.05, 4.69) is 29.2 Å². The lowest BCUT2D eigenvalue weighted by Gasteiger charge is -2.27. The molecule has 10 atom stereocenters. The van der Waals surface area contributed by atoms with Gasteiger partial charge in [0.05, 0.1) is 19.6 Å². The summed E-state index contributed by atoms with van der Waals surface area (Å²) < 4.78 is 52.0. The fraction of sp³-hybridized carbons (Fsp3) is 0.524. The van der Waals surface area contributed by atoms with E-state index in [0.717, 1.165) is 16.3 Å². The second-order valence-corrected chi connectivity index (χ2v) is 14.0. The van der Waals surface area contributed by atoms with Gasteiger partial charge in [-0.25, -0.2) is 14.1 Å². The lowest BCUT2D eigenvalue weighted by Crippen LogP contribution is -2.45. The van der Waals surface area contributed by atoms with Gasteiger partial charge >= 0.3 is 15.6 Å². The number of rotatable bonds is 10. The summed E-state index contributed by atoms with van der Waals surface area (Å²) in [4.78, 5) is 64.4. The van der Waals surface area contributed by atoms with Gasteiger partial charge in [0, 0.05) is 12.4 Å². The number of fused-ring (bicyclic) bond motifs is 2. The zero-order valence-electron chi connectivity index (χ0n) is 24.2. The van der Waals surface area contributed by atoms with Crippen molar-refractivity contribution in [2.45, 2.75) is 49.1 Å². The predicted molar refractivity (Wildman–Crippen MR) is 163 cm³/mol. The van der Waals surface area contributed by atoms with Crippen molar-refractivity contribution in [1.82, 2.24) is 29.5 Å². The molecule has 0 bridgehead atoms. The Morgan fingerprint density at radius 3 is 2.44 bits per heavy atom. The number of nitrogens with two attached hydrogens (primary N) is 2. The Bertz CT molecular complexity index is 1960. The number of H-pyrrole nitrogens is 2. The molecule has 0 aliphatic carbocycles. The number of nitrogen functional groups attached to an aromatic ring is 2. The van der Waals surface area contributed by atoms with Crippen LogP contribution in [0.15, 0.2) is 15.9 Å². The molecule has 3 aromatic rings. The summed E-state index contributed by atoms with van der Waals surface area (Å²) in [5, 5.41) is 33.1. The normalized spacial score (nSPS) is 31.2. The number of thiocarbonyl (C=S) groups is 1. The molecule has 262 valence electrons. The van der Waals surface area contributed by atoms with Crippen LogP contribution in [0.3, 0.4) is 0 Å². The highest BCUT2D eigenvalue weighted by Gasteiger charge is 2.52. The largest absolute Gasteiger partial charge is 0.481 e. The molecule has 0 amide bonds. The maximum Gasteiger partial charge on any atom is 0.481 e. The van der Waals surface area contributed by atoms with E-state index in [1.807, 2.05) is 0 Å². The van der Waals surface area contributed by atoms with Crippen molar-refractivity contribution < 1.29 is 57.1 Å². The first kappa shape index (κ1) is 34.4. The van der Waals surface area contributed by atoms with Crippen molar-refractivity contribution in [1.29, 1.82) is 0 Å². The van der Waals surface area contributed by atoms with Crippen molar-refractivity contribution in [2.24, 2.45) is 0 Å². The van der Waals surface area contributed by atoms with Crippen molar-refractivity contribution >= 4 is 67.8 Å². The lowest BCUT2D eigenvalue weighted by molar-refractivity contribution is -0.0240. The number of hydrogen-bond acceptors (Lipinski definition) is 20. The van der Waals surface area contributed by atoms with E-state index < -0.39 is 82.5 Å². The minimum atomic E-state index is -5.57.